The van der Waals surface area contributed by atoms with E-state index in [1.54, 1.807) is 0 Å². The lowest BCUT2D eigenvalue weighted by Gasteiger charge is -2.31. The zero-order chi connectivity index (χ0) is 13.7. The fraction of sp³-hybridized carbons (Fsp3) is 0.647. The number of anilines is 1. The van der Waals surface area contributed by atoms with Gasteiger partial charge in [0.05, 0.1) is 0 Å². The Hall–Kier alpha value is -1.02. The topological polar surface area (TPSA) is 15.3 Å². The normalized spacial score (nSPS) is 19.3. The Balaban J connectivity index is 1.92. The monoisotopic (exact) mass is 260 g/mol. The van der Waals surface area contributed by atoms with E-state index in [-0.39, 0.29) is 0 Å². The summed E-state index contributed by atoms with van der Waals surface area (Å²) in [4.78, 5) is 2.66. The number of hydrogen-bond donors (Lipinski definition) is 1. The molecule has 0 spiro atoms. The van der Waals surface area contributed by atoms with Gasteiger partial charge in [-0.3, -0.25) is 4.90 Å². The van der Waals surface area contributed by atoms with Crippen LogP contribution in [0.3, 0.4) is 0 Å². The minimum Gasteiger partial charge on any atom is -0.380 e. The van der Waals surface area contributed by atoms with Crippen LogP contribution in [0.4, 0.5) is 5.69 Å². The molecule has 1 aliphatic rings. The zero-order valence-electron chi connectivity index (χ0n) is 12.7. The first-order chi connectivity index (χ1) is 9.24. The van der Waals surface area contributed by atoms with E-state index in [0.717, 1.165) is 0 Å². The second kappa shape index (κ2) is 6.95. The Morgan fingerprint density at radius 3 is 2.79 bits per heavy atom. The van der Waals surface area contributed by atoms with Crippen LogP contribution in [-0.4, -0.2) is 30.1 Å². The molecule has 0 fully saturated rings. The SMILES string of the molecule is CCCCN(CC1Cc2ccccc2N1)C(C)CC. The summed E-state index contributed by atoms with van der Waals surface area (Å²) in [6.07, 6.45) is 5.01. The van der Waals surface area contributed by atoms with Gasteiger partial charge in [-0.2, -0.15) is 0 Å². The standard InChI is InChI=1S/C17H28N2/c1-4-6-11-19(14(3)5-2)13-16-12-15-9-7-8-10-17(15)18-16/h7-10,14,16,18H,4-6,11-13H2,1-3H3. The van der Waals surface area contributed by atoms with Gasteiger partial charge in [0.1, 0.15) is 0 Å². The van der Waals surface area contributed by atoms with Crippen molar-refractivity contribution in [1.82, 2.24) is 4.90 Å². The maximum absolute atomic E-state index is 3.68. The molecular weight excluding hydrogens is 232 g/mol. The predicted molar refractivity (Wildman–Crippen MR) is 83.8 cm³/mol. The van der Waals surface area contributed by atoms with Crippen LogP contribution in [-0.2, 0) is 6.42 Å². The lowest BCUT2D eigenvalue weighted by atomic mass is 10.1. The van der Waals surface area contributed by atoms with Gasteiger partial charge in [0.15, 0.2) is 0 Å². The molecule has 1 aliphatic heterocycles. The van der Waals surface area contributed by atoms with Gasteiger partial charge in [-0.15, -0.1) is 0 Å². The van der Waals surface area contributed by atoms with E-state index < -0.39 is 0 Å². The lowest BCUT2D eigenvalue weighted by Crippen LogP contribution is -2.41. The summed E-state index contributed by atoms with van der Waals surface area (Å²) < 4.78 is 0. The molecule has 19 heavy (non-hydrogen) atoms. The zero-order valence-corrected chi connectivity index (χ0v) is 12.7. The molecule has 2 atom stereocenters. The van der Waals surface area contributed by atoms with Crippen molar-refractivity contribution >= 4 is 5.69 Å². The highest BCUT2D eigenvalue weighted by Crippen LogP contribution is 2.26. The number of para-hydroxylation sites is 1. The maximum Gasteiger partial charge on any atom is 0.0429 e. The van der Waals surface area contributed by atoms with Crippen molar-refractivity contribution < 1.29 is 0 Å². The number of fused-ring (bicyclic) bond motifs is 1. The highest BCUT2D eigenvalue weighted by Gasteiger charge is 2.23. The molecule has 0 radical (unpaired) electrons. The molecule has 0 aliphatic carbocycles. The quantitative estimate of drug-likeness (QED) is 0.799. The third-order valence-electron chi connectivity index (χ3n) is 4.31. The van der Waals surface area contributed by atoms with Crippen LogP contribution in [0.5, 0.6) is 0 Å². The summed E-state index contributed by atoms with van der Waals surface area (Å²) in [7, 11) is 0. The molecule has 0 saturated heterocycles. The van der Waals surface area contributed by atoms with Crippen molar-refractivity contribution in [3.8, 4) is 0 Å². The van der Waals surface area contributed by atoms with Gasteiger partial charge in [-0.05, 0) is 44.4 Å². The first kappa shape index (κ1) is 14.4. The summed E-state index contributed by atoms with van der Waals surface area (Å²) in [5.74, 6) is 0. The van der Waals surface area contributed by atoms with Gasteiger partial charge in [0.25, 0.3) is 0 Å². The summed E-state index contributed by atoms with van der Waals surface area (Å²) in [6.45, 7) is 9.33. The van der Waals surface area contributed by atoms with Crippen LogP contribution in [0.15, 0.2) is 24.3 Å². The second-order valence-corrected chi connectivity index (χ2v) is 5.81. The molecule has 0 saturated carbocycles. The molecule has 0 bridgehead atoms. The van der Waals surface area contributed by atoms with Crippen molar-refractivity contribution in [1.29, 1.82) is 0 Å². The van der Waals surface area contributed by atoms with Crippen LogP contribution >= 0.6 is 0 Å². The molecule has 0 amide bonds. The van der Waals surface area contributed by atoms with Crippen LogP contribution in [0, 0.1) is 0 Å². The average Bonchev–Trinajstić information content (AvgIpc) is 2.84. The Kier molecular flexibility index (Phi) is 5.26. The van der Waals surface area contributed by atoms with Crippen LogP contribution in [0.1, 0.15) is 45.6 Å². The van der Waals surface area contributed by atoms with E-state index in [1.807, 2.05) is 0 Å². The number of rotatable bonds is 7. The molecular formula is C17H28N2. The molecule has 2 heteroatoms. The van der Waals surface area contributed by atoms with Crippen LogP contribution in [0.25, 0.3) is 0 Å². The molecule has 2 unspecified atom stereocenters. The number of hydrogen-bond acceptors (Lipinski definition) is 2. The number of nitrogens with one attached hydrogen (secondary N) is 1. The first-order valence-electron chi connectivity index (χ1n) is 7.83. The fourth-order valence-corrected chi connectivity index (χ4v) is 2.88. The van der Waals surface area contributed by atoms with Crippen LogP contribution in [0.2, 0.25) is 0 Å². The number of nitrogens with zero attached hydrogens (tertiary/aromatic N) is 1. The minimum atomic E-state index is 0.586. The molecule has 2 rings (SSSR count). The van der Waals surface area contributed by atoms with E-state index in [9.17, 15) is 0 Å². The van der Waals surface area contributed by atoms with Gasteiger partial charge >= 0.3 is 0 Å². The summed E-state index contributed by atoms with van der Waals surface area (Å²) in [5, 5.41) is 3.68. The molecule has 2 nitrogen and oxygen atoms in total. The summed E-state index contributed by atoms with van der Waals surface area (Å²) >= 11 is 0. The van der Waals surface area contributed by atoms with Crippen molar-refractivity contribution in [3.05, 3.63) is 29.8 Å². The van der Waals surface area contributed by atoms with Gasteiger partial charge in [-0.1, -0.05) is 38.5 Å². The van der Waals surface area contributed by atoms with E-state index in [4.69, 9.17) is 0 Å². The van der Waals surface area contributed by atoms with Gasteiger partial charge in [0, 0.05) is 24.3 Å². The van der Waals surface area contributed by atoms with E-state index in [2.05, 4.69) is 55.3 Å². The largest absolute Gasteiger partial charge is 0.380 e. The second-order valence-electron chi connectivity index (χ2n) is 5.81. The molecule has 1 N–H and O–H groups in total. The van der Waals surface area contributed by atoms with E-state index in [1.165, 1.54) is 50.0 Å². The van der Waals surface area contributed by atoms with Gasteiger partial charge < -0.3 is 5.32 Å². The van der Waals surface area contributed by atoms with Crippen LogP contribution < -0.4 is 5.32 Å². The van der Waals surface area contributed by atoms with Gasteiger partial charge in [-0.25, -0.2) is 0 Å². The number of benzene rings is 1. The maximum atomic E-state index is 3.68. The summed E-state index contributed by atoms with van der Waals surface area (Å²) in [5.41, 5.74) is 2.82. The predicted octanol–water partition coefficient (Wildman–Crippen LogP) is 3.92. The third kappa shape index (κ3) is 3.73. The molecule has 1 heterocycles. The van der Waals surface area contributed by atoms with Gasteiger partial charge in [0.2, 0.25) is 0 Å². The van der Waals surface area contributed by atoms with Crippen molar-refractivity contribution in [2.24, 2.45) is 0 Å². The van der Waals surface area contributed by atoms with E-state index >= 15 is 0 Å². The average molecular weight is 260 g/mol. The van der Waals surface area contributed by atoms with Crippen molar-refractivity contribution in [3.63, 3.8) is 0 Å². The Morgan fingerprint density at radius 2 is 2.11 bits per heavy atom. The van der Waals surface area contributed by atoms with E-state index in [0.29, 0.717) is 12.1 Å². The minimum absolute atomic E-state index is 0.586. The number of unbranched alkanes of at least 4 members (excludes halogenated alkanes) is 1. The highest BCUT2D eigenvalue weighted by atomic mass is 15.2. The lowest BCUT2D eigenvalue weighted by molar-refractivity contribution is 0.193. The summed E-state index contributed by atoms with van der Waals surface area (Å²) in [6, 6.07) is 10.0. The molecule has 106 valence electrons. The molecule has 1 aromatic carbocycles. The Morgan fingerprint density at radius 1 is 1.32 bits per heavy atom. The highest BCUT2D eigenvalue weighted by molar-refractivity contribution is 5.56. The Labute approximate surface area is 118 Å². The Bertz CT molecular complexity index is 364. The van der Waals surface area contributed by atoms with Crippen molar-refractivity contribution in [2.75, 3.05) is 18.4 Å². The van der Waals surface area contributed by atoms with Crippen molar-refractivity contribution in [2.45, 2.75) is 58.5 Å². The third-order valence-corrected chi connectivity index (χ3v) is 4.31. The first-order valence-corrected chi connectivity index (χ1v) is 7.83. The molecule has 1 aromatic rings. The fourth-order valence-electron chi connectivity index (χ4n) is 2.88. The smallest absolute Gasteiger partial charge is 0.0429 e. The molecule has 0 aromatic heterocycles.